The van der Waals surface area contributed by atoms with Crippen LogP contribution in [-0.4, -0.2) is 38.7 Å². The predicted molar refractivity (Wildman–Crippen MR) is 108 cm³/mol. The number of hydrogen-bond donors (Lipinski definition) is 2. The highest BCUT2D eigenvalue weighted by Gasteiger charge is 2.34. The molecule has 0 aliphatic carbocycles. The summed E-state index contributed by atoms with van der Waals surface area (Å²) < 4.78 is 54.9. The normalized spacial score (nSPS) is 16.5. The van der Waals surface area contributed by atoms with Crippen LogP contribution in [0, 0.1) is 17.1 Å². The summed E-state index contributed by atoms with van der Waals surface area (Å²) in [4.78, 5) is 12.9. The van der Waals surface area contributed by atoms with Gasteiger partial charge in [-0.2, -0.15) is 23.4 Å². The van der Waals surface area contributed by atoms with E-state index < -0.39 is 17.6 Å². The van der Waals surface area contributed by atoms with Crippen molar-refractivity contribution in [2.75, 3.05) is 18.4 Å². The van der Waals surface area contributed by atoms with Crippen molar-refractivity contribution < 1.29 is 17.6 Å². The summed E-state index contributed by atoms with van der Waals surface area (Å²) in [6.45, 7) is 1.71. The molecular formula is C21H19F4N7. The highest BCUT2D eigenvalue weighted by Crippen LogP contribution is 2.34. The molecule has 11 heteroatoms. The number of nitrogens with one attached hydrogen (secondary N) is 2. The summed E-state index contributed by atoms with van der Waals surface area (Å²) in [7, 11) is 0. The van der Waals surface area contributed by atoms with Crippen LogP contribution in [0.2, 0.25) is 0 Å². The molecule has 32 heavy (non-hydrogen) atoms. The number of hydrogen-bond acceptors (Lipinski definition) is 6. The summed E-state index contributed by atoms with van der Waals surface area (Å²) in [6.07, 6.45) is -0.0113. The van der Waals surface area contributed by atoms with Gasteiger partial charge in [0.25, 0.3) is 0 Å². The molecule has 7 nitrogen and oxygen atoms in total. The maximum absolute atomic E-state index is 13.8. The average molecular weight is 445 g/mol. The third-order valence-electron chi connectivity index (χ3n) is 5.13. The smallest absolute Gasteiger partial charge is 0.350 e. The molecule has 0 unspecified atom stereocenters. The maximum Gasteiger partial charge on any atom is 0.419 e. The second-order valence-corrected chi connectivity index (χ2v) is 7.36. The lowest BCUT2D eigenvalue weighted by Crippen LogP contribution is -2.38. The second-order valence-electron chi connectivity index (χ2n) is 7.36. The molecule has 2 aromatic heterocycles. The van der Waals surface area contributed by atoms with E-state index >= 15 is 0 Å². The van der Waals surface area contributed by atoms with Crippen LogP contribution >= 0.6 is 0 Å². The SMILES string of the molecule is N#CCc1cnc(-c2ccc(F)c(C(F)(F)F)c2)n1-c1ccnc(N[C@H]2CCCNC2)n1. The van der Waals surface area contributed by atoms with E-state index in [2.05, 4.69) is 25.6 Å². The largest absolute Gasteiger partial charge is 0.419 e. The van der Waals surface area contributed by atoms with Gasteiger partial charge in [-0.05, 0) is 43.7 Å². The van der Waals surface area contributed by atoms with E-state index in [9.17, 15) is 22.8 Å². The Morgan fingerprint density at radius 3 is 2.81 bits per heavy atom. The lowest BCUT2D eigenvalue weighted by molar-refractivity contribution is -0.139. The van der Waals surface area contributed by atoms with Gasteiger partial charge < -0.3 is 10.6 Å². The predicted octanol–water partition coefficient (Wildman–Crippen LogP) is 3.72. The van der Waals surface area contributed by atoms with Crippen LogP contribution in [0.15, 0.2) is 36.7 Å². The molecule has 0 radical (unpaired) electrons. The van der Waals surface area contributed by atoms with Crippen LogP contribution in [-0.2, 0) is 12.6 Å². The van der Waals surface area contributed by atoms with Gasteiger partial charge in [-0.3, -0.25) is 4.57 Å². The number of aromatic nitrogens is 4. The van der Waals surface area contributed by atoms with Crippen molar-refractivity contribution in [3.05, 3.63) is 53.7 Å². The lowest BCUT2D eigenvalue weighted by Gasteiger charge is -2.23. The van der Waals surface area contributed by atoms with Crippen LogP contribution in [0.4, 0.5) is 23.5 Å². The number of halogens is 4. The fraction of sp³-hybridized carbons (Fsp3) is 0.333. The van der Waals surface area contributed by atoms with Gasteiger partial charge in [0.1, 0.15) is 17.5 Å². The standard InChI is InChI=1S/C21H19F4N7/c22-17-4-3-13(10-16(17)21(23,24)25)19-29-12-15(5-7-26)32(19)18-6-9-28-20(31-18)30-14-2-1-8-27-11-14/h3-4,6,9-10,12,14,27H,1-2,5,8,11H2,(H,28,30,31)/t14-/m0/s1. The first-order valence-corrected chi connectivity index (χ1v) is 9.98. The molecule has 0 saturated carbocycles. The molecule has 1 aromatic carbocycles. The van der Waals surface area contributed by atoms with E-state index in [4.69, 9.17) is 0 Å². The van der Waals surface area contributed by atoms with Crippen LogP contribution < -0.4 is 10.6 Å². The number of anilines is 1. The highest BCUT2D eigenvalue weighted by molar-refractivity contribution is 5.61. The van der Waals surface area contributed by atoms with Gasteiger partial charge in [-0.25, -0.2) is 14.4 Å². The highest BCUT2D eigenvalue weighted by atomic mass is 19.4. The molecule has 3 heterocycles. The summed E-state index contributed by atoms with van der Waals surface area (Å²) in [5.41, 5.74) is -0.905. The molecule has 166 valence electrons. The average Bonchev–Trinajstić information content (AvgIpc) is 3.18. The monoisotopic (exact) mass is 445 g/mol. The topological polar surface area (TPSA) is 91.5 Å². The molecule has 1 saturated heterocycles. The molecule has 1 fully saturated rings. The Bertz CT molecular complexity index is 1140. The quantitative estimate of drug-likeness (QED) is 0.582. The fourth-order valence-corrected chi connectivity index (χ4v) is 3.63. The van der Waals surface area contributed by atoms with Gasteiger partial charge >= 0.3 is 6.18 Å². The zero-order valence-corrected chi connectivity index (χ0v) is 16.8. The summed E-state index contributed by atoms with van der Waals surface area (Å²) in [5.74, 6) is -0.563. The first kappa shape index (κ1) is 21.7. The number of nitriles is 1. The number of nitrogens with zero attached hydrogens (tertiary/aromatic N) is 5. The fourth-order valence-electron chi connectivity index (χ4n) is 3.63. The number of imidazole rings is 1. The van der Waals surface area contributed by atoms with E-state index in [1.807, 2.05) is 6.07 Å². The summed E-state index contributed by atoms with van der Waals surface area (Å²) in [6, 6.07) is 6.41. The van der Waals surface area contributed by atoms with Gasteiger partial charge in [0.15, 0.2) is 0 Å². The number of piperidine rings is 1. The third-order valence-corrected chi connectivity index (χ3v) is 5.13. The van der Waals surface area contributed by atoms with Crippen molar-refractivity contribution in [3.8, 4) is 23.3 Å². The van der Waals surface area contributed by atoms with Crippen LogP contribution in [0.25, 0.3) is 17.2 Å². The number of rotatable bonds is 5. The number of benzene rings is 1. The minimum atomic E-state index is -4.85. The Morgan fingerprint density at radius 2 is 2.09 bits per heavy atom. The molecule has 1 aliphatic rings. The van der Waals surface area contributed by atoms with Gasteiger partial charge in [0, 0.05) is 24.3 Å². The van der Waals surface area contributed by atoms with Crippen LogP contribution in [0.3, 0.4) is 0 Å². The molecular weight excluding hydrogens is 426 g/mol. The van der Waals surface area contributed by atoms with Crippen LogP contribution in [0.5, 0.6) is 0 Å². The van der Waals surface area contributed by atoms with Crippen molar-refractivity contribution in [2.24, 2.45) is 0 Å². The van der Waals surface area contributed by atoms with Crippen molar-refractivity contribution in [3.63, 3.8) is 0 Å². The van der Waals surface area contributed by atoms with Crippen LogP contribution in [0.1, 0.15) is 24.1 Å². The molecule has 0 amide bonds. The Labute approximate surface area is 181 Å². The van der Waals surface area contributed by atoms with E-state index in [1.165, 1.54) is 23.0 Å². The molecule has 1 atom stereocenters. The van der Waals surface area contributed by atoms with E-state index in [0.29, 0.717) is 23.5 Å². The molecule has 1 aliphatic heterocycles. The third kappa shape index (κ3) is 4.55. The molecule has 2 N–H and O–H groups in total. The van der Waals surface area contributed by atoms with E-state index in [1.54, 1.807) is 6.07 Å². The summed E-state index contributed by atoms with van der Waals surface area (Å²) in [5, 5.41) is 15.7. The van der Waals surface area contributed by atoms with Crippen molar-refractivity contribution in [1.29, 1.82) is 5.26 Å². The molecule has 0 bridgehead atoms. The van der Waals surface area contributed by atoms with Gasteiger partial charge in [0.2, 0.25) is 5.95 Å². The van der Waals surface area contributed by atoms with Gasteiger partial charge in [0.05, 0.1) is 29.9 Å². The van der Waals surface area contributed by atoms with E-state index in [-0.39, 0.29) is 23.9 Å². The van der Waals surface area contributed by atoms with E-state index in [0.717, 1.165) is 32.0 Å². The Kier molecular flexibility index (Phi) is 6.05. The Balaban J connectivity index is 1.76. The Morgan fingerprint density at radius 1 is 1.25 bits per heavy atom. The molecule has 3 aromatic rings. The van der Waals surface area contributed by atoms with Crippen molar-refractivity contribution in [1.82, 2.24) is 24.8 Å². The number of alkyl halides is 3. The second kappa shape index (κ2) is 8.92. The Hall–Kier alpha value is -3.52. The summed E-state index contributed by atoms with van der Waals surface area (Å²) >= 11 is 0. The maximum atomic E-state index is 13.8. The van der Waals surface area contributed by atoms with Gasteiger partial charge in [-0.1, -0.05) is 0 Å². The van der Waals surface area contributed by atoms with Crippen molar-refractivity contribution >= 4 is 5.95 Å². The lowest BCUT2D eigenvalue weighted by atomic mass is 10.1. The minimum absolute atomic E-state index is 0.0420. The minimum Gasteiger partial charge on any atom is -0.350 e. The first-order chi connectivity index (χ1) is 15.4. The van der Waals surface area contributed by atoms with Crippen molar-refractivity contribution in [2.45, 2.75) is 31.5 Å². The first-order valence-electron chi connectivity index (χ1n) is 9.98. The molecule has 0 spiro atoms. The molecule has 4 rings (SSSR count). The zero-order valence-electron chi connectivity index (χ0n) is 16.8. The van der Waals surface area contributed by atoms with Gasteiger partial charge in [-0.15, -0.1) is 0 Å². The zero-order chi connectivity index (χ0) is 22.7.